The molecule has 37 heavy (non-hydrogen) atoms. The van der Waals surface area contributed by atoms with Gasteiger partial charge in [-0.25, -0.2) is 18.4 Å². The van der Waals surface area contributed by atoms with Crippen molar-refractivity contribution in [3.8, 4) is 11.1 Å². The molecule has 2 heterocycles. The summed E-state index contributed by atoms with van der Waals surface area (Å²) in [4.78, 5) is 9.79. The number of alkyl halides is 3. The van der Waals surface area contributed by atoms with E-state index in [2.05, 4.69) is 19.6 Å². The summed E-state index contributed by atoms with van der Waals surface area (Å²) in [6.45, 7) is 1.38. The van der Waals surface area contributed by atoms with E-state index in [0.29, 0.717) is 23.1 Å². The fraction of sp³-hybridized carbons (Fsp3) is 0.185. The third kappa shape index (κ3) is 5.21. The number of halogens is 3. The van der Waals surface area contributed by atoms with Crippen LogP contribution in [0.4, 0.5) is 19.0 Å². The quantitative estimate of drug-likeness (QED) is 0.355. The Morgan fingerprint density at radius 2 is 1.81 bits per heavy atom. The highest BCUT2D eigenvalue weighted by Crippen LogP contribution is 2.39. The minimum absolute atomic E-state index is 0.0417. The zero-order chi connectivity index (χ0) is 26.2. The van der Waals surface area contributed by atoms with Gasteiger partial charge in [-0.15, -0.1) is 0 Å². The molecule has 10 heteroatoms. The van der Waals surface area contributed by atoms with Gasteiger partial charge < -0.3 is 4.90 Å². The lowest BCUT2D eigenvalue weighted by Crippen LogP contribution is -2.25. The van der Waals surface area contributed by atoms with Gasteiger partial charge in [0, 0.05) is 19.3 Å². The molecule has 5 rings (SSSR count). The van der Waals surface area contributed by atoms with E-state index in [0.717, 1.165) is 35.6 Å². The Morgan fingerprint density at radius 3 is 2.54 bits per heavy atom. The molecule has 3 aromatic carbocycles. The van der Waals surface area contributed by atoms with Crippen molar-refractivity contribution in [2.24, 2.45) is 0 Å². The summed E-state index contributed by atoms with van der Waals surface area (Å²) in [7, 11) is -1.98. The maximum absolute atomic E-state index is 13.6. The number of nitrogens with zero attached hydrogens (tertiary/aromatic N) is 3. The second kappa shape index (κ2) is 9.60. The molecule has 1 aliphatic heterocycles. The molecule has 0 spiro atoms. The van der Waals surface area contributed by atoms with Crippen molar-refractivity contribution >= 4 is 32.2 Å². The fourth-order valence-electron chi connectivity index (χ4n) is 4.52. The monoisotopic (exact) mass is 524 g/mol. The highest BCUT2D eigenvalue weighted by Gasteiger charge is 2.32. The number of nitrogens with one attached hydrogen (secondary N) is 1. The Balaban J connectivity index is 1.62. The van der Waals surface area contributed by atoms with Gasteiger partial charge in [-0.05, 0) is 76.8 Å². The average Bonchev–Trinajstić information content (AvgIpc) is 2.87. The van der Waals surface area contributed by atoms with E-state index in [4.69, 9.17) is 0 Å². The molecule has 0 bridgehead atoms. The Kier molecular flexibility index (Phi) is 6.47. The molecule has 0 radical (unpaired) electrons. The van der Waals surface area contributed by atoms with Crippen molar-refractivity contribution in [3.05, 3.63) is 90.4 Å². The molecule has 0 saturated carbocycles. The topological polar surface area (TPSA) is 75.2 Å². The van der Waals surface area contributed by atoms with Crippen molar-refractivity contribution < 1.29 is 21.6 Å². The van der Waals surface area contributed by atoms with Crippen LogP contribution in [0.3, 0.4) is 0 Å². The fourth-order valence-corrected chi connectivity index (χ4v) is 5.56. The molecule has 0 amide bonds. The minimum Gasteiger partial charge on any atom is -0.302 e. The Bertz CT molecular complexity index is 1600. The van der Waals surface area contributed by atoms with Gasteiger partial charge in [0.05, 0.1) is 10.5 Å². The maximum atomic E-state index is 13.6. The van der Waals surface area contributed by atoms with Gasteiger partial charge in [0.15, 0.2) is 0 Å². The number of likely N-dealkylation sites (N-methyl/N-ethyl adjacent to an activating group) is 1. The van der Waals surface area contributed by atoms with Crippen molar-refractivity contribution in [2.45, 2.75) is 17.5 Å². The van der Waals surface area contributed by atoms with E-state index in [1.54, 1.807) is 24.3 Å². The van der Waals surface area contributed by atoms with Gasteiger partial charge in [0.1, 0.15) is 12.1 Å². The zero-order valence-electron chi connectivity index (χ0n) is 19.8. The normalized spacial score (nSPS) is 15.0. The summed E-state index contributed by atoms with van der Waals surface area (Å²) >= 11 is 0. The number of rotatable bonds is 5. The van der Waals surface area contributed by atoms with Crippen LogP contribution in [0.1, 0.15) is 17.5 Å². The standard InChI is InChI=1S/C27H23F3N4O2S/c1-34-13-3-5-19(16-34)25-15-20(27(28,29)30)7-9-24(25)23-6-2-4-18-14-21(8-10-22(18)23)37(35,36)33-26-11-12-31-17-32-26/h2,4-12,14-15,17H,3,13,16H2,1H3,(H,31,32,33). The third-order valence-corrected chi connectivity index (χ3v) is 7.66. The summed E-state index contributed by atoms with van der Waals surface area (Å²) in [6.07, 6.45) is 0.947. The molecule has 0 aliphatic carbocycles. The lowest BCUT2D eigenvalue weighted by Gasteiger charge is -2.25. The van der Waals surface area contributed by atoms with E-state index in [1.165, 1.54) is 36.8 Å². The van der Waals surface area contributed by atoms with E-state index in [-0.39, 0.29) is 10.7 Å². The molecule has 0 saturated heterocycles. The van der Waals surface area contributed by atoms with E-state index >= 15 is 0 Å². The summed E-state index contributed by atoms with van der Waals surface area (Å²) in [5.74, 6) is 0.143. The zero-order valence-corrected chi connectivity index (χ0v) is 20.6. The van der Waals surface area contributed by atoms with Gasteiger partial charge in [-0.1, -0.05) is 36.4 Å². The van der Waals surface area contributed by atoms with Crippen LogP contribution in [0.25, 0.3) is 27.5 Å². The number of anilines is 1. The molecule has 1 aliphatic rings. The Hall–Kier alpha value is -3.76. The smallest absolute Gasteiger partial charge is 0.302 e. The molecule has 1 aromatic heterocycles. The maximum Gasteiger partial charge on any atom is 0.416 e. The summed E-state index contributed by atoms with van der Waals surface area (Å²) in [5, 5.41) is 1.37. The number of hydrogen-bond donors (Lipinski definition) is 1. The van der Waals surface area contributed by atoms with Gasteiger partial charge >= 0.3 is 6.18 Å². The first kappa shape index (κ1) is 24.9. The first-order valence-corrected chi connectivity index (χ1v) is 13.0. The van der Waals surface area contributed by atoms with Crippen molar-refractivity contribution in [1.82, 2.24) is 14.9 Å². The van der Waals surface area contributed by atoms with Gasteiger partial charge in [0.25, 0.3) is 10.0 Å². The molecule has 1 N–H and O–H groups in total. The average molecular weight is 525 g/mol. The number of sulfonamides is 1. The van der Waals surface area contributed by atoms with Crippen LogP contribution in [0.5, 0.6) is 0 Å². The van der Waals surface area contributed by atoms with E-state index in [1.807, 2.05) is 19.2 Å². The Labute approximate surface area is 212 Å². The predicted octanol–water partition coefficient (Wildman–Crippen LogP) is 5.84. The lowest BCUT2D eigenvalue weighted by molar-refractivity contribution is -0.137. The molecule has 4 aromatic rings. The van der Waals surface area contributed by atoms with Gasteiger partial charge in [-0.3, -0.25) is 4.72 Å². The number of aromatic nitrogens is 2. The van der Waals surface area contributed by atoms with Crippen molar-refractivity contribution in [1.29, 1.82) is 0 Å². The SMILES string of the molecule is CN1CCC=C(c2cc(C(F)(F)F)ccc2-c2cccc3cc(S(=O)(=O)Nc4ccncn4)ccc23)C1. The first-order valence-electron chi connectivity index (χ1n) is 11.5. The van der Waals surface area contributed by atoms with Gasteiger partial charge in [-0.2, -0.15) is 13.2 Å². The van der Waals surface area contributed by atoms with Crippen LogP contribution in [-0.2, 0) is 16.2 Å². The van der Waals surface area contributed by atoms with Crippen molar-refractivity contribution in [2.75, 3.05) is 24.9 Å². The molecule has 0 fully saturated rings. The highest BCUT2D eigenvalue weighted by molar-refractivity contribution is 7.92. The third-order valence-electron chi connectivity index (χ3n) is 6.31. The predicted molar refractivity (Wildman–Crippen MR) is 137 cm³/mol. The van der Waals surface area contributed by atoms with Crippen LogP contribution in [-0.4, -0.2) is 43.4 Å². The molecule has 0 unspecified atom stereocenters. The largest absolute Gasteiger partial charge is 0.416 e. The molecule has 6 nitrogen and oxygen atoms in total. The molecule has 0 atom stereocenters. The number of hydrogen-bond acceptors (Lipinski definition) is 5. The number of fused-ring (bicyclic) bond motifs is 1. The van der Waals surface area contributed by atoms with Crippen LogP contribution in [0.2, 0.25) is 0 Å². The lowest BCUT2D eigenvalue weighted by atomic mass is 9.88. The van der Waals surface area contributed by atoms with E-state index in [9.17, 15) is 21.6 Å². The molecular weight excluding hydrogens is 501 g/mol. The van der Waals surface area contributed by atoms with Crippen LogP contribution < -0.4 is 4.72 Å². The van der Waals surface area contributed by atoms with Gasteiger partial charge in [0.2, 0.25) is 0 Å². The summed E-state index contributed by atoms with van der Waals surface area (Å²) in [5.41, 5.74) is 2.04. The Morgan fingerprint density at radius 1 is 0.973 bits per heavy atom. The van der Waals surface area contributed by atoms with E-state index < -0.39 is 21.8 Å². The molecular formula is C27H23F3N4O2S. The van der Waals surface area contributed by atoms with Crippen molar-refractivity contribution in [3.63, 3.8) is 0 Å². The summed E-state index contributed by atoms with van der Waals surface area (Å²) < 4.78 is 69.1. The minimum atomic E-state index is -4.47. The van der Waals surface area contributed by atoms with Crippen LogP contribution >= 0.6 is 0 Å². The van der Waals surface area contributed by atoms with Crippen LogP contribution in [0, 0.1) is 0 Å². The second-order valence-corrected chi connectivity index (χ2v) is 10.6. The number of benzene rings is 3. The summed E-state index contributed by atoms with van der Waals surface area (Å²) in [6, 6.07) is 15.3. The highest BCUT2D eigenvalue weighted by atomic mass is 32.2. The first-order chi connectivity index (χ1) is 17.6. The van der Waals surface area contributed by atoms with Crippen LogP contribution in [0.15, 0.2) is 84.2 Å². The molecule has 190 valence electrons. The second-order valence-electron chi connectivity index (χ2n) is 8.90.